The number of amides is 2. The number of rotatable bonds is 4. The zero-order valence-corrected chi connectivity index (χ0v) is 13.3. The molecule has 1 fully saturated rings. The van der Waals surface area contributed by atoms with Gasteiger partial charge in [-0.15, -0.1) is 11.3 Å². The van der Waals surface area contributed by atoms with Crippen molar-refractivity contribution >= 4 is 23.3 Å². The minimum Gasteiger partial charge on any atom is -0.481 e. The van der Waals surface area contributed by atoms with Crippen LogP contribution in [0.25, 0.3) is 0 Å². The van der Waals surface area contributed by atoms with E-state index in [1.807, 2.05) is 26.0 Å². The van der Waals surface area contributed by atoms with Gasteiger partial charge >= 0.3 is 12.0 Å². The van der Waals surface area contributed by atoms with Crippen LogP contribution < -0.4 is 5.32 Å². The lowest BCUT2D eigenvalue weighted by Gasteiger charge is -2.38. The molecule has 2 heterocycles. The molecular formula is C15H22N2O3S. The van der Waals surface area contributed by atoms with Crippen LogP contribution in [-0.2, 0) is 11.3 Å². The number of aryl methyl sites for hydroxylation is 1. The molecule has 0 spiro atoms. The summed E-state index contributed by atoms with van der Waals surface area (Å²) in [5.41, 5.74) is -0.651. The van der Waals surface area contributed by atoms with Crippen LogP contribution in [0.3, 0.4) is 0 Å². The molecule has 2 amide bonds. The first-order valence-corrected chi connectivity index (χ1v) is 8.10. The number of carboxylic acids is 1. The Morgan fingerprint density at radius 3 is 2.52 bits per heavy atom. The maximum Gasteiger partial charge on any atom is 0.317 e. The van der Waals surface area contributed by atoms with Crippen LogP contribution in [-0.4, -0.2) is 35.1 Å². The van der Waals surface area contributed by atoms with E-state index in [-0.39, 0.29) is 6.03 Å². The molecule has 21 heavy (non-hydrogen) atoms. The second kappa shape index (κ2) is 6.47. The molecule has 1 aliphatic heterocycles. The van der Waals surface area contributed by atoms with Crippen molar-refractivity contribution in [2.24, 2.45) is 5.41 Å². The fourth-order valence-corrected chi connectivity index (χ4v) is 3.54. The second-order valence-electron chi connectivity index (χ2n) is 5.60. The Bertz CT molecular complexity index is 519. The summed E-state index contributed by atoms with van der Waals surface area (Å²) in [4.78, 5) is 27.6. The molecule has 0 aliphatic carbocycles. The lowest BCUT2D eigenvalue weighted by molar-refractivity contribution is -0.151. The Morgan fingerprint density at radius 2 is 2.05 bits per heavy atom. The predicted molar refractivity (Wildman–Crippen MR) is 82.5 cm³/mol. The summed E-state index contributed by atoms with van der Waals surface area (Å²) in [7, 11) is 0. The van der Waals surface area contributed by atoms with Crippen LogP contribution in [0, 0.1) is 12.3 Å². The smallest absolute Gasteiger partial charge is 0.317 e. The molecule has 2 rings (SSSR count). The van der Waals surface area contributed by atoms with E-state index < -0.39 is 11.4 Å². The third-order valence-corrected chi connectivity index (χ3v) is 5.35. The molecule has 0 bridgehead atoms. The average Bonchev–Trinajstić information content (AvgIpc) is 2.90. The highest BCUT2D eigenvalue weighted by atomic mass is 32.1. The van der Waals surface area contributed by atoms with Gasteiger partial charge in [0.2, 0.25) is 0 Å². The number of nitrogens with one attached hydrogen (secondary N) is 1. The maximum absolute atomic E-state index is 12.1. The Balaban J connectivity index is 1.84. The number of hydrogen-bond donors (Lipinski definition) is 2. The molecule has 0 radical (unpaired) electrons. The van der Waals surface area contributed by atoms with E-state index in [2.05, 4.69) is 5.32 Å². The monoisotopic (exact) mass is 310 g/mol. The van der Waals surface area contributed by atoms with E-state index in [4.69, 9.17) is 0 Å². The van der Waals surface area contributed by atoms with Crippen LogP contribution in [0.5, 0.6) is 0 Å². The fraction of sp³-hybridized carbons (Fsp3) is 0.600. The van der Waals surface area contributed by atoms with Crippen LogP contribution in [0.1, 0.15) is 35.9 Å². The summed E-state index contributed by atoms with van der Waals surface area (Å²) in [5.74, 6) is -0.737. The van der Waals surface area contributed by atoms with Gasteiger partial charge in [-0.3, -0.25) is 4.79 Å². The first-order chi connectivity index (χ1) is 9.97. The van der Waals surface area contributed by atoms with E-state index in [0.717, 1.165) is 4.88 Å². The third kappa shape index (κ3) is 3.56. The summed E-state index contributed by atoms with van der Waals surface area (Å²) in [6.07, 6.45) is 1.68. The summed E-state index contributed by atoms with van der Waals surface area (Å²) >= 11 is 1.67. The van der Waals surface area contributed by atoms with Gasteiger partial charge < -0.3 is 15.3 Å². The summed E-state index contributed by atoms with van der Waals surface area (Å²) in [6.45, 7) is 5.50. The van der Waals surface area contributed by atoms with Gasteiger partial charge in [0.05, 0.1) is 12.0 Å². The summed E-state index contributed by atoms with van der Waals surface area (Å²) in [5, 5.41) is 12.3. The van der Waals surface area contributed by atoms with Gasteiger partial charge in [0.15, 0.2) is 0 Å². The molecule has 116 valence electrons. The van der Waals surface area contributed by atoms with Gasteiger partial charge in [-0.25, -0.2) is 4.79 Å². The highest BCUT2D eigenvalue weighted by molar-refractivity contribution is 7.11. The zero-order valence-electron chi connectivity index (χ0n) is 12.5. The van der Waals surface area contributed by atoms with Crippen molar-refractivity contribution in [3.8, 4) is 0 Å². The minimum atomic E-state index is -0.737. The molecule has 1 saturated heterocycles. The Kier molecular flexibility index (Phi) is 4.88. The topological polar surface area (TPSA) is 69.6 Å². The molecule has 2 N–H and O–H groups in total. The van der Waals surface area contributed by atoms with E-state index in [1.54, 1.807) is 16.2 Å². The number of carboxylic acid groups (broad SMARTS) is 1. The number of likely N-dealkylation sites (tertiary alicyclic amines) is 1. The van der Waals surface area contributed by atoms with Gasteiger partial charge in [0.1, 0.15) is 0 Å². The van der Waals surface area contributed by atoms with Crippen LogP contribution in [0.4, 0.5) is 4.79 Å². The van der Waals surface area contributed by atoms with Crippen molar-refractivity contribution in [3.05, 3.63) is 21.9 Å². The molecule has 0 unspecified atom stereocenters. The summed E-state index contributed by atoms with van der Waals surface area (Å²) in [6, 6.07) is 3.95. The molecule has 1 aliphatic rings. The van der Waals surface area contributed by atoms with E-state index in [1.165, 1.54) is 4.88 Å². The van der Waals surface area contributed by atoms with Gasteiger partial charge in [-0.1, -0.05) is 6.92 Å². The number of carbonyl (C=O) groups is 2. The second-order valence-corrected chi connectivity index (χ2v) is 6.97. The highest BCUT2D eigenvalue weighted by Crippen LogP contribution is 2.35. The molecule has 1 aromatic heterocycles. The number of hydrogen-bond acceptors (Lipinski definition) is 3. The minimum absolute atomic E-state index is 0.101. The quantitative estimate of drug-likeness (QED) is 0.898. The normalized spacial score (nSPS) is 17.5. The van der Waals surface area contributed by atoms with Gasteiger partial charge in [-0.2, -0.15) is 0 Å². The molecule has 0 atom stereocenters. The first-order valence-electron chi connectivity index (χ1n) is 7.28. The summed E-state index contributed by atoms with van der Waals surface area (Å²) < 4.78 is 0. The SMILES string of the molecule is CCC1(C(=O)O)CCN(C(=O)NCc2ccc(C)s2)CC1. The maximum atomic E-state index is 12.1. The van der Waals surface area contributed by atoms with Crippen molar-refractivity contribution in [3.63, 3.8) is 0 Å². The van der Waals surface area contributed by atoms with E-state index in [0.29, 0.717) is 38.9 Å². The van der Waals surface area contributed by atoms with Crippen molar-refractivity contribution in [1.82, 2.24) is 10.2 Å². The third-order valence-electron chi connectivity index (χ3n) is 4.35. The van der Waals surface area contributed by atoms with E-state index in [9.17, 15) is 14.7 Å². The first kappa shape index (κ1) is 15.8. The number of piperidine rings is 1. The predicted octanol–water partition coefficient (Wildman–Crippen LogP) is 2.84. The number of nitrogens with zero attached hydrogens (tertiary/aromatic N) is 1. The molecule has 6 heteroatoms. The average molecular weight is 310 g/mol. The lowest BCUT2D eigenvalue weighted by atomic mass is 9.76. The van der Waals surface area contributed by atoms with Crippen LogP contribution in [0.15, 0.2) is 12.1 Å². The number of urea groups is 1. The van der Waals surface area contributed by atoms with Gasteiger partial charge in [-0.05, 0) is 38.3 Å². The standard InChI is InChI=1S/C15H22N2O3S/c1-3-15(13(18)19)6-8-17(9-7-15)14(20)16-10-12-5-4-11(2)21-12/h4-5H,3,6-10H2,1-2H3,(H,16,20)(H,18,19). The molecule has 5 nitrogen and oxygen atoms in total. The Morgan fingerprint density at radius 1 is 1.38 bits per heavy atom. The lowest BCUT2D eigenvalue weighted by Crippen LogP contribution is -2.49. The Hall–Kier alpha value is -1.56. The number of thiophene rings is 1. The fourth-order valence-electron chi connectivity index (χ4n) is 2.71. The largest absolute Gasteiger partial charge is 0.481 e. The Labute approximate surface area is 129 Å². The van der Waals surface area contributed by atoms with Crippen LogP contribution >= 0.6 is 11.3 Å². The van der Waals surface area contributed by atoms with Gasteiger partial charge in [0.25, 0.3) is 0 Å². The van der Waals surface area contributed by atoms with E-state index >= 15 is 0 Å². The number of aliphatic carboxylic acids is 1. The molecule has 0 aromatic carbocycles. The highest BCUT2D eigenvalue weighted by Gasteiger charge is 2.40. The van der Waals surface area contributed by atoms with Crippen molar-refractivity contribution < 1.29 is 14.7 Å². The van der Waals surface area contributed by atoms with Crippen molar-refractivity contribution in [2.45, 2.75) is 39.7 Å². The van der Waals surface area contributed by atoms with Crippen molar-refractivity contribution in [2.75, 3.05) is 13.1 Å². The van der Waals surface area contributed by atoms with Gasteiger partial charge in [0, 0.05) is 22.8 Å². The van der Waals surface area contributed by atoms with Crippen molar-refractivity contribution in [1.29, 1.82) is 0 Å². The number of carbonyl (C=O) groups excluding carboxylic acids is 1. The molecular weight excluding hydrogens is 288 g/mol. The zero-order chi connectivity index (χ0) is 15.5. The molecule has 0 saturated carbocycles. The van der Waals surface area contributed by atoms with Crippen LogP contribution in [0.2, 0.25) is 0 Å². The molecule has 1 aromatic rings.